The molecule has 0 saturated heterocycles. The molecule has 0 heterocycles. The van der Waals surface area contributed by atoms with Crippen molar-refractivity contribution < 1.29 is 9.59 Å². The van der Waals surface area contributed by atoms with E-state index in [4.69, 9.17) is 0 Å². The summed E-state index contributed by atoms with van der Waals surface area (Å²) in [5, 5.41) is 9.63. The molecule has 1 rings (SSSR count). The monoisotopic (exact) mass is 403 g/mol. The number of Topliss-reactive ketones (excluding diaryl/α,β-unsaturated/α-hetero) is 1. The average molecular weight is 404 g/mol. The molecule has 1 aromatic rings. The summed E-state index contributed by atoms with van der Waals surface area (Å²) in [6, 6.07) is 9.13. The molecule has 0 spiro atoms. The number of carbonyl (C=O) groups is 2. The normalized spacial score (nSPS) is 14.3. The van der Waals surface area contributed by atoms with Crippen LogP contribution in [0.4, 0.5) is 0 Å². The standard InChI is InChI=1S/C24H41N3O2/c1-23(2,3)21(28)19(15-11-12-16-25-7)26-22(29)20(27-24(4,5)6)17-18-13-9-8-10-14-18/h8-10,13-14,19-20,25,27H,11-12,15-17H2,1-7H3,(H,26,29). The van der Waals surface area contributed by atoms with Crippen molar-refractivity contribution in [2.45, 2.75) is 84.8 Å². The van der Waals surface area contributed by atoms with Gasteiger partial charge in [-0.05, 0) is 65.6 Å². The molecule has 1 aromatic carbocycles. The minimum absolute atomic E-state index is 0.0875. The summed E-state index contributed by atoms with van der Waals surface area (Å²) in [6.45, 7) is 12.8. The van der Waals surface area contributed by atoms with Crippen LogP contribution < -0.4 is 16.0 Å². The van der Waals surface area contributed by atoms with Gasteiger partial charge >= 0.3 is 0 Å². The van der Waals surface area contributed by atoms with Gasteiger partial charge in [0.2, 0.25) is 5.91 Å². The first-order valence-corrected chi connectivity index (χ1v) is 10.7. The van der Waals surface area contributed by atoms with Gasteiger partial charge in [0.1, 0.15) is 0 Å². The zero-order chi connectivity index (χ0) is 22.1. The summed E-state index contributed by atoms with van der Waals surface area (Å²) >= 11 is 0. The quantitative estimate of drug-likeness (QED) is 0.495. The van der Waals surface area contributed by atoms with Crippen LogP contribution in [0.5, 0.6) is 0 Å². The van der Waals surface area contributed by atoms with E-state index in [0.717, 1.165) is 24.9 Å². The molecule has 0 radical (unpaired) electrons. The highest BCUT2D eigenvalue weighted by Crippen LogP contribution is 2.20. The molecule has 5 heteroatoms. The Morgan fingerprint density at radius 2 is 1.55 bits per heavy atom. The zero-order valence-electron chi connectivity index (χ0n) is 19.4. The number of amides is 1. The first kappa shape index (κ1) is 25.3. The molecule has 0 bridgehead atoms. The molecular weight excluding hydrogens is 362 g/mol. The third-order valence-electron chi connectivity index (χ3n) is 4.75. The summed E-state index contributed by atoms with van der Waals surface area (Å²) in [5.74, 6) is -0.0236. The molecule has 1 amide bonds. The Morgan fingerprint density at radius 3 is 2.07 bits per heavy atom. The second-order valence-electron chi connectivity index (χ2n) is 9.91. The minimum atomic E-state index is -0.493. The molecular formula is C24H41N3O2. The molecule has 0 saturated carbocycles. The number of unbranched alkanes of at least 4 members (excludes halogenated alkanes) is 1. The molecule has 0 aliphatic rings. The number of rotatable bonds is 11. The predicted molar refractivity (Wildman–Crippen MR) is 121 cm³/mol. The van der Waals surface area contributed by atoms with Gasteiger partial charge in [0.15, 0.2) is 5.78 Å². The summed E-state index contributed by atoms with van der Waals surface area (Å²) < 4.78 is 0. The second-order valence-corrected chi connectivity index (χ2v) is 9.91. The largest absolute Gasteiger partial charge is 0.345 e. The molecule has 0 aliphatic carbocycles. The minimum Gasteiger partial charge on any atom is -0.345 e. The molecule has 2 unspecified atom stereocenters. The number of ketones is 1. The van der Waals surface area contributed by atoms with Crippen molar-refractivity contribution in [1.29, 1.82) is 0 Å². The van der Waals surface area contributed by atoms with E-state index in [2.05, 4.69) is 16.0 Å². The van der Waals surface area contributed by atoms with E-state index in [-0.39, 0.29) is 17.2 Å². The van der Waals surface area contributed by atoms with Crippen LogP contribution in [0, 0.1) is 5.41 Å². The molecule has 0 aromatic heterocycles. The molecule has 164 valence electrons. The van der Waals surface area contributed by atoms with Gasteiger partial charge in [0.05, 0.1) is 12.1 Å². The van der Waals surface area contributed by atoms with Gasteiger partial charge in [-0.1, -0.05) is 51.1 Å². The number of hydrogen-bond acceptors (Lipinski definition) is 4. The Bertz CT molecular complexity index is 630. The number of hydrogen-bond donors (Lipinski definition) is 3. The van der Waals surface area contributed by atoms with Crippen LogP contribution in [0.3, 0.4) is 0 Å². The fourth-order valence-corrected chi connectivity index (χ4v) is 3.30. The number of carbonyl (C=O) groups excluding carboxylic acids is 2. The zero-order valence-corrected chi connectivity index (χ0v) is 19.4. The highest BCUT2D eigenvalue weighted by Gasteiger charge is 2.33. The highest BCUT2D eigenvalue weighted by atomic mass is 16.2. The maximum absolute atomic E-state index is 13.2. The van der Waals surface area contributed by atoms with E-state index < -0.39 is 17.5 Å². The molecule has 2 atom stereocenters. The number of benzene rings is 1. The Hall–Kier alpha value is -1.72. The van der Waals surface area contributed by atoms with Crippen LogP contribution in [-0.2, 0) is 16.0 Å². The van der Waals surface area contributed by atoms with Gasteiger partial charge in [-0.25, -0.2) is 0 Å². The van der Waals surface area contributed by atoms with Gasteiger partial charge in [-0.15, -0.1) is 0 Å². The van der Waals surface area contributed by atoms with Gasteiger partial charge in [0, 0.05) is 11.0 Å². The van der Waals surface area contributed by atoms with Crippen molar-refractivity contribution in [1.82, 2.24) is 16.0 Å². The van der Waals surface area contributed by atoms with E-state index in [0.29, 0.717) is 12.8 Å². The third-order valence-corrected chi connectivity index (χ3v) is 4.75. The molecule has 3 N–H and O–H groups in total. The van der Waals surface area contributed by atoms with Crippen LogP contribution in [-0.4, -0.2) is 42.9 Å². The van der Waals surface area contributed by atoms with Gasteiger partial charge in [-0.3, -0.25) is 9.59 Å². The third kappa shape index (κ3) is 10.0. The second kappa shape index (κ2) is 11.5. The lowest BCUT2D eigenvalue weighted by molar-refractivity contribution is -0.133. The van der Waals surface area contributed by atoms with E-state index in [9.17, 15) is 9.59 Å². The van der Waals surface area contributed by atoms with Crippen LogP contribution >= 0.6 is 0 Å². The van der Waals surface area contributed by atoms with Crippen molar-refractivity contribution in [2.75, 3.05) is 13.6 Å². The Morgan fingerprint density at radius 1 is 0.931 bits per heavy atom. The average Bonchev–Trinajstić information content (AvgIpc) is 2.62. The highest BCUT2D eigenvalue weighted by molar-refractivity contribution is 5.93. The summed E-state index contributed by atoms with van der Waals surface area (Å²) in [5.41, 5.74) is 0.387. The van der Waals surface area contributed by atoms with Gasteiger partial charge < -0.3 is 16.0 Å². The molecule has 29 heavy (non-hydrogen) atoms. The Balaban J connectivity index is 2.94. The molecule has 5 nitrogen and oxygen atoms in total. The van der Waals surface area contributed by atoms with Gasteiger partial charge in [0.25, 0.3) is 0 Å². The smallest absolute Gasteiger partial charge is 0.238 e. The lowest BCUT2D eigenvalue weighted by Crippen LogP contribution is -2.56. The van der Waals surface area contributed by atoms with E-state index >= 15 is 0 Å². The van der Waals surface area contributed by atoms with Crippen molar-refractivity contribution in [3.05, 3.63) is 35.9 Å². The summed E-state index contributed by atoms with van der Waals surface area (Å²) in [7, 11) is 1.92. The van der Waals surface area contributed by atoms with Crippen molar-refractivity contribution in [3.8, 4) is 0 Å². The summed E-state index contributed by atoms with van der Waals surface area (Å²) in [6.07, 6.45) is 3.12. The van der Waals surface area contributed by atoms with Crippen molar-refractivity contribution >= 4 is 11.7 Å². The predicted octanol–water partition coefficient (Wildman–Crippen LogP) is 3.48. The lowest BCUT2D eigenvalue weighted by atomic mass is 9.84. The fraction of sp³-hybridized carbons (Fsp3) is 0.667. The summed E-state index contributed by atoms with van der Waals surface area (Å²) in [4.78, 5) is 26.2. The SMILES string of the molecule is CNCCCCC(NC(=O)C(Cc1ccccc1)NC(C)(C)C)C(=O)C(C)(C)C. The van der Waals surface area contributed by atoms with Crippen LogP contribution in [0.2, 0.25) is 0 Å². The van der Waals surface area contributed by atoms with Gasteiger partial charge in [-0.2, -0.15) is 0 Å². The van der Waals surface area contributed by atoms with Crippen molar-refractivity contribution in [2.24, 2.45) is 5.41 Å². The van der Waals surface area contributed by atoms with E-state index in [1.54, 1.807) is 0 Å². The van der Waals surface area contributed by atoms with E-state index in [1.807, 2.05) is 78.9 Å². The molecule has 0 aliphatic heterocycles. The lowest BCUT2D eigenvalue weighted by Gasteiger charge is -2.31. The first-order valence-electron chi connectivity index (χ1n) is 10.7. The van der Waals surface area contributed by atoms with Crippen LogP contribution in [0.1, 0.15) is 66.4 Å². The maximum Gasteiger partial charge on any atom is 0.238 e. The molecule has 0 fully saturated rings. The Kier molecular flexibility index (Phi) is 10.0. The van der Waals surface area contributed by atoms with E-state index in [1.165, 1.54) is 0 Å². The van der Waals surface area contributed by atoms with Crippen molar-refractivity contribution in [3.63, 3.8) is 0 Å². The maximum atomic E-state index is 13.2. The topological polar surface area (TPSA) is 70.2 Å². The van der Waals surface area contributed by atoms with Crippen LogP contribution in [0.25, 0.3) is 0 Å². The first-order chi connectivity index (χ1) is 13.4. The Labute approximate surface area is 177 Å². The number of nitrogens with one attached hydrogen (secondary N) is 3. The van der Waals surface area contributed by atoms with Crippen LogP contribution in [0.15, 0.2) is 30.3 Å². The fourth-order valence-electron chi connectivity index (χ4n) is 3.30.